The predicted molar refractivity (Wildman–Crippen MR) is 54.6 cm³/mol. The van der Waals surface area contributed by atoms with Gasteiger partial charge in [-0.3, -0.25) is 4.68 Å². The number of hydrogen-bond acceptors (Lipinski definition) is 2. The van der Waals surface area contributed by atoms with Crippen molar-refractivity contribution < 1.29 is 5.11 Å². The molecule has 1 heterocycles. The first-order chi connectivity index (χ1) is 6.81. The van der Waals surface area contributed by atoms with Crippen molar-refractivity contribution in [2.75, 3.05) is 0 Å². The molecule has 3 heteroatoms. The van der Waals surface area contributed by atoms with Crippen LogP contribution < -0.4 is 0 Å². The first kappa shape index (κ1) is 8.97. The minimum absolute atomic E-state index is 0.0606. The van der Waals surface area contributed by atoms with Crippen LogP contribution in [0.1, 0.15) is 5.56 Å². The Morgan fingerprint density at radius 2 is 2.14 bits per heavy atom. The zero-order valence-corrected chi connectivity index (χ0v) is 8.01. The second-order valence-electron chi connectivity index (χ2n) is 3.22. The van der Waals surface area contributed by atoms with Gasteiger partial charge in [-0.2, -0.15) is 5.10 Å². The number of hydrogen-bond donors (Lipinski definition) is 1. The first-order valence-corrected chi connectivity index (χ1v) is 4.49. The van der Waals surface area contributed by atoms with Crippen molar-refractivity contribution >= 4 is 0 Å². The molecule has 0 aliphatic heterocycles. The van der Waals surface area contributed by atoms with Crippen molar-refractivity contribution in [1.29, 1.82) is 0 Å². The van der Waals surface area contributed by atoms with E-state index < -0.39 is 0 Å². The predicted octanol–water partition coefficient (Wildman–Crippen LogP) is 1.58. The van der Waals surface area contributed by atoms with E-state index in [4.69, 9.17) is 5.11 Å². The van der Waals surface area contributed by atoms with Gasteiger partial charge in [0, 0.05) is 18.8 Å². The summed E-state index contributed by atoms with van der Waals surface area (Å²) in [5.74, 6) is 0. The lowest BCUT2D eigenvalue weighted by atomic mass is 10.0. The molecule has 2 rings (SSSR count). The Balaban J connectivity index is 2.50. The molecule has 0 bridgehead atoms. The number of aromatic nitrogens is 2. The van der Waals surface area contributed by atoms with E-state index in [1.807, 2.05) is 37.5 Å². The Labute approximate surface area is 82.6 Å². The number of aliphatic hydroxyl groups excluding tert-OH is 1. The highest BCUT2D eigenvalue weighted by molar-refractivity contribution is 5.65. The molecule has 72 valence electrons. The highest BCUT2D eigenvalue weighted by atomic mass is 16.3. The molecule has 0 aliphatic rings. The van der Waals surface area contributed by atoms with Crippen molar-refractivity contribution in [3.05, 3.63) is 42.2 Å². The van der Waals surface area contributed by atoms with Gasteiger partial charge >= 0.3 is 0 Å². The molecule has 14 heavy (non-hydrogen) atoms. The van der Waals surface area contributed by atoms with E-state index in [2.05, 4.69) is 5.10 Å². The van der Waals surface area contributed by atoms with E-state index in [0.29, 0.717) is 0 Å². The zero-order valence-electron chi connectivity index (χ0n) is 8.01. The topological polar surface area (TPSA) is 38.0 Å². The molecule has 0 saturated carbocycles. The third-order valence-electron chi connectivity index (χ3n) is 2.20. The van der Waals surface area contributed by atoms with Crippen LogP contribution in [0.5, 0.6) is 0 Å². The van der Waals surface area contributed by atoms with Crippen molar-refractivity contribution in [2.24, 2.45) is 7.05 Å². The minimum atomic E-state index is 0.0606. The van der Waals surface area contributed by atoms with Gasteiger partial charge in [0.1, 0.15) is 0 Å². The molecule has 0 amide bonds. The fourth-order valence-corrected chi connectivity index (χ4v) is 1.50. The molecule has 0 unspecified atom stereocenters. The molecule has 0 radical (unpaired) electrons. The fraction of sp³-hybridized carbons (Fsp3) is 0.182. The van der Waals surface area contributed by atoms with Crippen LogP contribution in [0.3, 0.4) is 0 Å². The summed E-state index contributed by atoms with van der Waals surface area (Å²) in [5.41, 5.74) is 3.01. The van der Waals surface area contributed by atoms with E-state index >= 15 is 0 Å². The second kappa shape index (κ2) is 3.64. The average molecular weight is 188 g/mol. The van der Waals surface area contributed by atoms with Crippen LogP contribution >= 0.6 is 0 Å². The summed E-state index contributed by atoms with van der Waals surface area (Å²) in [6, 6.07) is 7.79. The summed E-state index contributed by atoms with van der Waals surface area (Å²) >= 11 is 0. The number of aryl methyl sites for hydroxylation is 1. The number of nitrogens with zero attached hydrogens (tertiary/aromatic N) is 2. The van der Waals surface area contributed by atoms with Crippen LogP contribution in [-0.4, -0.2) is 14.9 Å². The Kier molecular flexibility index (Phi) is 2.33. The molecule has 2 aromatic rings. The third-order valence-corrected chi connectivity index (χ3v) is 2.20. The largest absolute Gasteiger partial charge is 0.392 e. The van der Waals surface area contributed by atoms with Crippen molar-refractivity contribution in [2.45, 2.75) is 6.61 Å². The Morgan fingerprint density at radius 3 is 2.79 bits per heavy atom. The van der Waals surface area contributed by atoms with E-state index in [1.54, 1.807) is 10.9 Å². The Morgan fingerprint density at radius 1 is 1.36 bits per heavy atom. The van der Waals surface area contributed by atoms with Gasteiger partial charge in [0.2, 0.25) is 0 Å². The van der Waals surface area contributed by atoms with Crippen LogP contribution in [0, 0.1) is 0 Å². The number of rotatable bonds is 2. The zero-order chi connectivity index (χ0) is 9.97. The maximum Gasteiger partial charge on any atom is 0.0687 e. The molecule has 0 atom stereocenters. The Hall–Kier alpha value is -1.61. The minimum Gasteiger partial charge on any atom is -0.392 e. The van der Waals surface area contributed by atoms with Gasteiger partial charge in [0.15, 0.2) is 0 Å². The molecular formula is C11H12N2O. The van der Waals surface area contributed by atoms with Gasteiger partial charge in [-0.25, -0.2) is 0 Å². The normalized spacial score (nSPS) is 10.4. The van der Waals surface area contributed by atoms with Gasteiger partial charge < -0.3 is 5.11 Å². The quantitative estimate of drug-likeness (QED) is 0.777. The van der Waals surface area contributed by atoms with Gasteiger partial charge in [0.05, 0.1) is 12.8 Å². The van der Waals surface area contributed by atoms with Crippen LogP contribution in [-0.2, 0) is 13.7 Å². The van der Waals surface area contributed by atoms with Crippen LogP contribution in [0.2, 0.25) is 0 Å². The lowest BCUT2D eigenvalue weighted by Gasteiger charge is -2.03. The van der Waals surface area contributed by atoms with Crippen molar-refractivity contribution in [1.82, 2.24) is 9.78 Å². The summed E-state index contributed by atoms with van der Waals surface area (Å²) in [6.45, 7) is 0.0606. The molecule has 0 saturated heterocycles. The molecule has 0 aliphatic carbocycles. The van der Waals surface area contributed by atoms with Gasteiger partial charge in [-0.15, -0.1) is 0 Å². The number of aliphatic hydroxyl groups is 1. The monoisotopic (exact) mass is 188 g/mol. The summed E-state index contributed by atoms with van der Waals surface area (Å²) in [5, 5.41) is 13.3. The molecule has 1 aromatic carbocycles. The fourth-order valence-electron chi connectivity index (χ4n) is 1.50. The van der Waals surface area contributed by atoms with E-state index in [0.717, 1.165) is 16.7 Å². The summed E-state index contributed by atoms with van der Waals surface area (Å²) in [6.07, 6.45) is 3.74. The third kappa shape index (κ3) is 1.54. The maximum atomic E-state index is 9.16. The van der Waals surface area contributed by atoms with Gasteiger partial charge in [-0.05, 0) is 11.1 Å². The molecule has 0 spiro atoms. The van der Waals surface area contributed by atoms with Crippen LogP contribution in [0.15, 0.2) is 36.7 Å². The average Bonchev–Trinajstić information content (AvgIpc) is 2.65. The van der Waals surface area contributed by atoms with Crippen molar-refractivity contribution in [3.63, 3.8) is 0 Å². The van der Waals surface area contributed by atoms with Crippen molar-refractivity contribution in [3.8, 4) is 11.1 Å². The Bertz CT molecular complexity index is 434. The highest BCUT2D eigenvalue weighted by Crippen LogP contribution is 2.22. The maximum absolute atomic E-state index is 9.16. The molecule has 1 aromatic heterocycles. The summed E-state index contributed by atoms with van der Waals surface area (Å²) in [7, 11) is 1.88. The lowest BCUT2D eigenvalue weighted by molar-refractivity contribution is 0.282. The molecular weight excluding hydrogens is 176 g/mol. The van der Waals surface area contributed by atoms with Gasteiger partial charge in [0.25, 0.3) is 0 Å². The smallest absolute Gasteiger partial charge is 0.0687 e. The SMILES string of the molecule is Cn1cc(-c2ccccc2CO)cn1. The standard InChI is InChI=1S/C11H12N2O/c1-13-7-10(6-12-13)11-5-3-2-4-9(11)8-14/h2-7,14H,8H2,1H3. The van der Waals surface area contributed by atoms with E-state index in [1.165, 1.54) is 0 Å². The molecule has 0 fully saturated rings. The summed E-state index contributed by atoms with van der Waals surface area (Å²) < 4.78 is 1.75. The first-order valence-electron chi connectivity index (χ1n) is 4.49. The number of benzene rings is 1. The van der Waals surface area contributed by atoms with Crippen LogP contribution in [0.25, 0.3) is 11.1 Å². The van der Waals surface area contributed by atoms with Crippen LogP contribution in [0.4, 0.5) is 0 Å². The molecule has 3 nitrogen and oxygen atoms in total. The van der Waals surface area contributed by atoms with E-state index in [-0.39, 0.29) is 6.61 Å². The van der Waals surface area contributed by atoms with E-state index in [9.17, 15) is 0 Å². The highest BCUT2D eigenvalue weighted by Gasteiger charge is 2.04. The molecule has 1 N–H and O–H groups in total. The lowest BCUT2D eigenvalue weighted by Crippen LogP contribution is -1.87. The van der Waals surface area contributed by atoms with Gasteiger partial charge in [-0.1, -0.05) is 24.3 Å². The second-order valence-corrected chi connectivity index (χ2v) is 3.22. The summed E-state index contributed by atoms with van der Waals surface area (Å²) in [4.78, 5) is 0.